The summed E-state index contributed by atoms with van der Waals surface area (Å²) in [6, 6.07) is 7.31. The van der Waals surface area contributed by atoms with Crippen LogP contribution in [0.4, 0.5) is 5.69 Å². The van der Waals surface area contributed by atoms with Gasteiger partial charge >= 0.3 is 0 Å². The largest absolute Gasteiger partial charge is 0.380 e. The van der Waals surface area contributed by atoms with Crippen LogP contribution >= 0.6 is 11.6 Å². The number of nitrogens with zero attached hydrogens (tertiary/aromatic N) is 2. The normalized spacial score (nSPS) is 10.1. The third kappa shape index (κ3) is 2.47. The molecule has 0 aliphatic carbocycles. The van der Waals surface area contributed by atoms with E-state index in [4.69, 9.17) is 16.9 Å². The highest BCUT2D eigenvalue weighted by molar-refractivity contribution is 6.30. The van der Waals surface area contributed by atoms with Crippen LogP contribution in [0, 0.1) is 25.2 Å². The average molecular weight is 261 g/mol. The van der Waals surface area contributed by atoms with E-state index >= 15 is 0 Å². The number of anilines is 1. The van der Waals surface area contributed by atoms with Gasteiger partial charge < -0.3 is 5.32 Å². The molecule has 2 aromatic rings. The fraction of sp³-hybridized carbons (Fsp3) is 0.231. The fourth-order valence-electron chi connectivity index (χ4n) is 1.78. The Hall–Kier alpha value is -1.99. The summed E-state index contributed by atoms with van der Waals surface area (Å²) in [4.78, 5) is 0. The van der Waals surface area contributed by atoms with Gasteiger partial charge in [-0.15, -0.1) is 0 Å². The first-order chi connectivity index (χ1) is 8.61. The van der Waals surface area contributed by atoms with Crippen molar-refractivity contribution in [3.8, 4) is 6.07 Å². The molecule has 0 amide bonds. The summed E-state index contributed by atoms with van der Waals surface area (Å²) in [6.07, 6.45) is 0. The summed E-state index contributed by atoms with van der Waals surface area (Å²) in [5.41, 5.74) is 4.42. The van der Waals surface area contributed by atoms with E-state index in [9.17, 15) is 0 Å². The molecule has 0 aliphatic heterocycles. The number of nitriles is 1. The molecule has 4 nitrogen and oxygen atoms in total. The summed E-state index contributed by atoms with van der Waals surface area (Å²) >= 11 is 5.93. The lowest BCUT2D eigenvalue weighted by Gasteiger charge is -2.08. The maximum absolute atomic E-state index is 9.02. The molecular formula is C13H13ClN4. The van der Waals surface area contributed by atoms with Gasteiger partial charge in [0.15, 0.2) is 0 Å². The van der Waals surface area contributed by atoms with Crippen molar-refractivity contribution in [2.45, 2.75) is 20.4 Å². The number of aryl methyl sites for hydroxylation is 2. The Morgan fingerprint density at radius 3 is 2.83 bits per heavy atom. The number of hydrogen-bond acceptors (Lipinski definition) is 3. The SMILES string of the molecule is Cc1n[nH]c(C)c1CNc1cc(Cl)ccc1C#N. The molecule has 18 heavy (non-hydrogen) atoms. The third-order valence-corrected chi connectivity index (χ3v) is 3.07. The third-order valence-electron chi connectivity index (χ3n) is 2.84. The van der Waals surface area contributed by atoms with Gasteiger partial charge in [0.25, 0.3) is 0 Å². The summed E-state index contributed by atoms with van der Waals surface area (Å²) in [5.74, 6) is 0. The van der Waals surface area contributed by atoms with Crippen molar-refractivity contribution in [2.75, 3.05) is 5.32 Å². The molecule has 2 rings (SSSR count). The van der Waals surface area contributed by atoms with Gasteiger partial charge in [0.2, 0.25) is 0 Å². The topological polar surface area (TPSA) is 64.5 Å². The monoisotopic (exact) mass is 260 g/mol. The predicted molar refractivity (Wildman–Crippen MR) is 71.6 cm³/mol. The van der Waals surface area contributed by atoms with Crippen LogP contribution in [0.15, 0.2) is 18.2 Å². The van der Waals surface area contributed by atoms with Gasteiger partial charge in [-0.25, -0.2) is 0 Å². The van der Waals surface area contributed by atoms with Crippen molar-refractivity contribution in [1.82, 2.24) is 10.2 Å². The lowest BCUT2D eigenvalue weighted by molar-refractivity contribution is 1.02. The molecule has 0 saturated heterocycles. The van der Waals surface area contributed by atoms with Crippen LogP contribution in [0.5, 0.6) is 0 Å². The Morgan fingerprint density at radius 1 is 1.44 bits per heavy atom. The van der Waals surface area contributed by atoms with Gasteiger partial charge in [0.05, 0.1) is 16.9 Å². The lowest BCUT2D eigenvalue weighted by Crippen LogP contribution is -2.03. The van der Waals surface area contributed by atoms with Gasteiger partial charge in [0.1, 0.15) is 6.07 Å². The standard InChI is InChI=1S/C13H13ClN4/c1-8-12(9(2)18-17-8)7-16-13-5-11(14)4-3-10(13)6-15/h3-5,16H,7H2,1-2H3,(H,17,18). The van der Waals surface area contributed by atoms with Crippen LogP contribution in [0.1, 0.15) is 22.5 Å². The maximum Gasteiger partial charge on any atom is 0.101 e. The molecular weight excluding hydrogens is 248 g/mol. The van der Waals surface area contributed by atoms with Gasteiger partial charge in [-0.2, -0.15) is 10.4 Å². The van der Waals surface area contributed by atoms with Crippen LogP contribution in [0.3, 0.4) is 0 Å². The molecule has 92 valence electrons. The number of aromatic nitrogens is 2. The highest BCUT2D eigenvalue weighted by Crippen LogP contribution is 2.21. The minimum atomic E-state index is 0.582. The van der Waals surface area contributed by atoms with E-state index in [1.54, 1.807) is 18.2 Å². The quantitative estimate of drug-likeness (QED) is 0.891. The molecule has 5 heteroatoms. The number of rotatable bonds is 3. The number of halogens is 1. The van der Waals surface area contributed by atoms with E-state index < -0.39 is 0 Å². The molecule has 0 atom stereocenters. The molecule has 1 heterocycles. The minimum Gasteiger partial charge on any atom is -0.380 e. The molecule has 0 aliphatic rings. The second kappa shape index (κ2) is 5.11. The van der Waals surface area contributed by atoms with Crippen LogP contribution in [0.2, 0.25) is 5.02 Å². The summed E-state index contributed by atoms with van der Waals surface area (Å²) < 4.78 is 0. The Morgan fingerprint density at radius 2 is 2.22 bits per heavy atom. The van der Waals surface area contributed by atoms with Gasteiger partial charge in [-0.05, 0) is 32.0 Å². The maximum atomic E-state index is 9.02. The van der Waals surface area contributed by atoms with Gasteiger partial charge in [0, 0.05) is 22.8 Å². The van der Waals surface area contributed by atoms with E-state index in [-0.39, 0.29) is 0 Å². The molecule has 0 spiro atoms. The zero-order valence-corrected chi connectivity index (χ0v) is 11.0. The number of aromatic amines is 1. The molecule has 2 N–H and O–H groups in total. The van der Waals surface area contributed by atoms with Crippen LogP contribution in [-0.2, 0) is 6.54 Å². The number of H-pyrrole nitrogens is 1. The van der Waals surface area contributed by atoms with E-state index in [0.717, 1.165) is 22.6 Å². The fourth-order valence-corrected chi connectivity index (χ4v) is 1.95. The second-order valence-electron chi connectivity index (χ2n) is 4.07. The van der Waals surface area contributed by atoms with Gasteiger partial charge in [-0.3, -0.25) is 5.10 Å². The Kier molecular flexibility index (Phi) is 3.54. The van der Waals surface area contributed by atoms with Crippen LogP contribution in [-0.4, -0.2) is 10.2 Å². The first-order valence-electron chi connectivity index (χ1n) is 5.55. The van der Waals surface area contributed by atoms with E-state index in [2.05, 4.69) is 21.6 Å². The first kappa shape index (κ1) is 12.5. The van der Waals surface area contributed by atoms with Crippen molar-refractivity contribution in [3.63, 3.8) is 0 Å². The van der Waals surface area contributed by atoms with E-state index in [0.29, 0.717) is 17.1 Å². The van der Waals surface area contributed by atoms with Crippen molar-refractivity contribution in [3.05, 3.63) is 45.7 Å². The highest BCUT2D eigenvalue weighted by Gasteiger charge is 2.08. The molecule has 0 fully saturated rings. The molecule has 1 aromatic carbocycles. The molecule has 0 radical (unpaired) electrons. The summed E-state index contributed by atoms with van der Waals surface area (Å²) in [5, 5.41) is 19.9. The molecule has 1 aromatic heterocycles. The Bertz CT molecular complexity index is 590. The van der Waals surface area contributed by atoms with Crippen molar-refractivity contribution >= 4 is 17.3 Å². The average Bonchev–Trinajstić information content (AvgIpc) is 2.67. The molecule has 0 unspecified atom stereocenters. The zero-order chi connectivity index (χ0) is 13.1. The smallest absolute Gasteiger partial charge is 0.101 e. The molecule has 0 saturated carbocycles. The number of nitrogens with one attached hydrogen (secondary N) is 2. The van der Waals surface area contributed by atoms with Gasteiger partial charge in [-0.1, -0.05) is 11.6 Å². The lowest BCUT2D eigenvalue weighted by atomic mass is 10.1. The van der Waals surface area contributed by atoms with Crippen molar-refractivity contribution < 1.29 is 0 Å². The Labute approximate surface area is 111 Å². The number of hydrogen-bond donors (Lipinski definition) is 2. The highest BCUT2D eigenvalue weighted by atomic mass is 35.5. The second-order valence-corrected chi connectivity index (χ2v) is 4.50. The van der Waals surface area contributed by atoms with E-state index in [1.165, 1.54) is 0 Å². The predicted octanol–water partition coefficient (Wildman–Crippen LogP) is 3.16. The van der Waals surface area contributed by atoms with Crippen LogP contribution < -0.4 is 5.32 Å². The van der Waals surface area contributed by atoms with E-state index in [1.807, 2.05) is 13.8 Å². The molecule has 0 bridgehead atoms. The van der Waals surface area contributed by atoms with Crippen LogP contribution in [0.25, 0.3) is 0 Å². The Balaban J connectivity index is 2.21. The van der Waals surface area contributed by atoms with Crippen molar-refractivity contribution in [2.24, 2.45) is 0 Å². The summed E-state index contributed by atoms with van der Waals surface area (Å²) in [7, 11) is 0. The number of benzene rings is 1. The summed E-state index contributed by atoms with van der Waals surface area (Å²) in [6.45, 7) is 4.53. The first-order valence-corrected chi connectivity index (χ1v) is 5.93. The zero-order valence-electron chi connectivity index (χ0n) is 10.2. The minimum absolute atomic E-state index is 0.582. The van der Waals surface area contributed by atoms with Crippen molar-refractivity contribution in [1.29, 1.82) is 5.26 Å².